The summed E-state index contributed by atoms with van der Waals surface area (Å²) < 4.78 is 19.4. The van der Waals surface area contributed by atoms with Gasteiger partial charge in [0.05, 0.1) is 12.8 Å². The molecule has 1 amide bonds. The van der Waals surface area contributed by atoms with Gasteiger partial charge in [0.15, 0.2) is 0 Å². The standard InChI is InChI=1S/C19H22FN3O5/c1-11(2)8-15(19(26)27)21-17(24)10-23-18(25)7-6-14(22-23)13-5-4-12(20)9-16(13)28-3/h4-7,9,11,15H,8,10H2,1-3H3,(H,21,24)(H,26,27)/t15-/m1/s1. The van der Waals surface area contributed by atoms with E-state index < -0.39 is 35.8 Å². The molecule has 0 unspecified atom stereocenters. The number of carboxylic acids is 1. The van der Waals surface area contributed by atoms with Crippen LogP contribution >= 0.6 is 0 Å². The number of carbonyl (C=O) groups excluding carboxylic acids is 1. The second-order valence-electron chi connectivity index (χ2n) is 6.65. The smallest absolute Gasteiger partial charge is 0.326 e. The molecule has 0 aliphatic carbocycles. The minimum atomic E-state index is -1.15. The fraction of sp³-hybridized carbons (Fsp3) is 0.368. The molecule has 2 aromatic rings. The first-order valence-electron chi connectivity index (χ1n) is 8.65. The molecule has 2 rings (SSSR count). The number of carbonyl (C=O) groups is 2. The summed E-state index contributed by atoms with van der Waals surface area (Å²) in [5.41, 5.74) is 0.221. The normalized spacial score (nSPS) is 11.9. The third-order valence-corrected chi connectivity index (χ3v) is 3.94. The molecule has 0 radical (unpaired) electrons. The van der Waals surface area contributed by atoms with Gasteiger partial charge in [-0.05, 0) is 30.5 Å². The maximum absolute atomic E-state index is 13.4. The van der Waals surface area contributed by atoms with Crippen molar-refractivity contribution in [1.29, 1.82) is 0 Å². The van der Waals surface area contributed by atoms with Gasteiger partial charge in [-0.3, -0.25) is 9.59 Å². The van der Waals surface area contributed by atoms with Crippen molar-refractivity contribution in [3.05, 3.63) is 46.5 Å². The van der Waals surface area contributed by atoms with Gasteiger partial charge in [0, 0.05) is 17.7 Å². The van der Waals surface area contributed by atoms with Crippen LogP contribution in [0.5, 0.6) is 5.75 Å². The summed E-state index contributed by atoms with van der Waals surface area (Å²) in [6.07, 6.45) is 0.260. The molecule has 1 aromatic heterocycles. The van der Waals surface area contributed by atoms with Crippen LogP contribution in [0.25, 0.3) is 11.3 Å². The Labute approximate surface area is 160 Å². The van der Waals surface area contributed by atoms with Crippen molar-refractivity contribution < 1.29 is 23.8 Å². The minimum absolute atomic E-state index is 0.0662. The Balaban J connectivity index is 2.25. The molecule has 1 heterocycles. The summed E-state index contributed by atoms with van der Waals surface area (Å²) in [7, 11) is 1.38. The Kier molecular flexibility index (Phi) is 6.86. The lowest BCUT2D eigenvalue weighted by Crippen LogP contribution is -2.44. The first-order chi connectivity index (χ1) is 13.2. The van der Waals surface area contributed by atoms with Crippen LogP contribution in [0, 0.1) is 11.7 Å². The quantitative estimate of drug-likeness (QED) is 0.708. The highest BCUT2D eigenvalue weighted by Crippen LogP contribution is 2.28. The van der Waals surface area contributed by atoms with E-state index in [2.05, 4.69) is 10.4 Å². The third kappa shape index (κ3) is 5.38. The fourth-order valence-corrected chi connectivity index (χ4v) is 2.65. The second-order valence-corrected chi connectivity index (χ2v) is 6.65. The largest absolute Gasteiger partial charge is 0.496 e. The number of nitrogens with one attached hydrogen (secondary N) is 1. The molecule has 2 N–H and O–H groups in total. The molecular weight excluding hydrogens is 369 g/mol. The van der Waals surface area contributed by atoms with Gasteiger partial charge in [0.25, 0.3) is 5.56 Å². The van der Waals surface area contributed by atoms with E-state index in [1.807, 2.05) is 13.8 Å². The van der Waals surface area contributed by atoms with E-state index in [1.165, 1.54) is 37.4 Å². The molecule has 0 aliphatic heterocycles. The second kappa shape index (κ2) is 9.12. The van der Waals surface area contributed by atoms with Crippen molar-refractivity contribution >= 4 is 11.9 Å². The number of aromatic nitrogens is 2. The zero-order chi connectivity index (χ0) is 20.8. The van der Waals surface area contributed by atoms with Crippen LogP contribution < -0.4 is 15.6 Å². The number of halogens is 1. The van der Waals surface area contributed by atoms with Crippen molar-refractivity contribution in [2.45, 2.75) is 32.9 Å². The van der Waals surface area contributed by atoms with Crippen molar-refractivity contribution in [3.8, 4) is 17.0 Å². The summed E-state index contributed by atoms with van der Waals surface area (Å²) >= 11 is 0. The Morgan fingerprint density at radius 3 is 2.61 bits per heavy atom. The lowest BCUT2D eigenvalue weighted by Gasteiger charge is -2.16. The first kappa shape index (κ1) is 21.1. The number of amides is 1. The molecule has 0 fully saturated rings. The van der Waals surface area contributed by atoms with Crippen molar-refractivity contribution in [3.63, 3.8) is 0 Å². The Morgan fingerprint density at radius 2 is 2.00 bits per heavy atom. The van der Waals surface area contributed by atoms with Gasteiger partial charge >= 0.3 is 5.97 Å². The van der Waals surface area contributed by atoms with E-state index in [-0.39, 0.29) is 18.1 Å². The summed E-state index contributed by atoms with van der Waals surface area (Å²) in [6, 6.07) is 5.47. The SMILES string of the molecule is COc1cc(F)ccc1-c1ccc(=O)n(CC(=O)N[C@H](CC(C)C)C(=O)O)n1. The van der Waals surface area contributed by atoms with Crippen molar-refractivity contribution in [2.24, 2.45) is 5.92 Å². The van der Waals surface area contributed by atoms with Crippen molar-refractivity contribution in [1.82, 2.24) is 15.1 Å². The molecule has 0 spiro atoms. The first-order valence-corrected chi connectivity index (χ1v) is 8.65. The maximum Gasteiger partial charge on any atom is 0.326 e. The van der Waals surface area contributed by atoms with E-state index in [4.69, 9.17) is 4.74 Å². The highest BCUT2D eigenvalue weighted by Gasteiger charge is 2.21. The molecular formula is C19H22FN3O5. The molecule has 0 saturated carbocycles. The van der Waals surface area contributed by atoms with Gasteiger partial charge < -0.3 is 15.2 Å². The number of hydrogen-bond donors (Lipinski definition) is 2. The monoisotopic (exact) mass is 391 g/mol. The average molecular weight is 391 g/mol. The summed E-state index contributed by atoms with van der Waals surface area (Å²) in [5, 5.41) is 15.7. The van der Waals surface area contributed by atoms with Crippen LogP contribution in [0.2, 0.25) is 0 Å². The van der Waals surface area contributed by atoms with Gasteiger partial charge in [-0.25, -0.2) is 13.9 Å². The molecule has 8 nitrogen and oxygen atoms in total. The number of methoxy groups -OCH3 is 1. The zero-order valence-electron chi connectivity index (χ0n) is 15.8. The van der Waals surface area contributed by atoms with Crippen LogP contribution in [-0.2, 0) is 16.1 Å². The van der Waals surface area contributed by atoms with Crippen molar-refractivity contribution in [2.75, 3.05) is 7.11 Å². The van der Waals surface area contributed by atoms with Gasteiger partial charge in [-0.15, -0.1) is 0 Å². The molecule has 1 aromatic carbocycles. The van der Waals surface area contributed by atoms with Gasteiger partial charge in [-0.2, -0.15) is 5.10 Å². The molecule has 0 saturated heterocycles. The Bertz CT molecular complexity index is 926. The summed E-state index contributed by atoms with van der Waals surface area (Å²) in [5.74, 6) is -1.99. The van der Waals surface area contributed by atoms with Crippen LogP contribution in [0.4, 0.5) is 4.39 Å². The zero-order valence-corrected chi connectivity index (χ0v) is 15.8. The lowest BCUT2D eigenvalue weighted by molar-refractivity contribution is -0.142. The minimum Gasteiger partial charge on any atom is -0.496 e. The molecule has 150 valence electrons. The highest BCUT2D eigenvalue weighted by molar-refractivity contribution is 5.83. The highest BCUT2D eigenvalue weighted by atomic mass is 19.1. The molecule has 0 aliphatic rings. The predicted octanol–water partition coefficient (Wildman–Crippen LogP) is 1.67. The fourth-order valence-electron chi connectivity index (χ4n) is 2.65. The summed E-state index contributed by atoms with van der Waals surface area (Å²) in [4.78, 5) is 35.6. The van der Waals surface area contributed by atoms with E-state index in [9.17, 15) is 23.9 Å². The number of aliphatic carboxylic acids is 1. The van der Waals surface area contributed by atoms with Crippen LogP contribution in [0.3, 0.4) is 0 Å². The lowest BCUT2D eigenvalue weighted by atomic mass is 10.0. The summed E-state index contributed by atoms with van der Waals surface area (Å²) in [6.45, 7) is 3.24. The maximum atomic E-state index is 13.4. The number of nitrogens with zero attached hydrogens (tertiary/aromatic N) is 2. The van der Waals surface area contributed by atoms with Gasteiger partial charge in [0.1, 0.15) is 24.2 Å². The molecule has 0 bridgehead atoms. The molecule has 1 atom stereocenters. The van der Waals surface area contributed by atoms with E-state index >= 15 is 0 Å². The average Bonchev–Trinajstić information content (AvgIpc) is 2.62. The van der Waals surface area contributed by atoms with E-state index in [0.717, 1.165) is 4.68 Å². The Hall–Kier alpha value is -3.23. The molecule has 9 heteroatoms. The van der Waals surface area contributed by atoms with E-state index in [0.29, 0.717) is 11.3 Å². The van der Waals surface area contributed by atoms with Gasteiger partial charge in [0.2, 0.25) is 5.91 Å². The third-order valence-electron chi connectivity index (χ3n) is 3.94. The number of benzene rings is 1. The van der Waals surface area contributed by atoms with Crippen LogP contribution in [0.15, 0.2) is 35.1 Å². The topological polar surface area (TPSA) is 111 Å². The van der Waals surface area contributed by atoms with Crippen LogP contribution in [0.1, 0.15) is 20.3 Å². The number of carboxylic acid groups (broad SMARTS) is 1. The number of hydrogen-bond acceptors (Lipinski definition) is 5. The number of rotatable bonds is 8. The Morgan fingerprint density at radius 1 is 1.29 bits per heavy atom. The number of ether oxygens (including phenoxy) is 1. The van der Waals surface area contributed by atoms with Gasteiger partial charge in [-0.1, -0.05) is 13.8 Å². The van der Waals surface area contributed by atoms with Crippen LogP contribution in [-0.4, -0.2) is 39.9 Å². The molecule has 28 heavy (non-hydrogen) atoms. The predicted molar refractivity (Wildman–Crippen MR) is 99.5 cm³/mol. The van der Waals surface area contributed by atoms with E-state index in [1.54, 1.807) is 0 Å².